The summed E-state index contributed by atoms with van der Waals surface area (Å²) in [5.74, 6) is 0.765. The van der Waals surface area contributed by atoms with Crippen molar-refractivity contribution in [1.82, 2.24) is 4.90 Å². The van der Waals surface area contributed by atoms with E-state index in [1.165, 1.54) is 0 Å². The van der Waals surface area contributed by atoms with Crippen molar-refractivity contribution in [3.8, 4) is 17.2 Å². The number of hydrogen-bond donors (Lipinski definition) is 1. The Morgan fingerprint density at radius 2 is 1.55 bits per heavy atom. The van der Waals surface area contributed by atoms with Gasteiger partial charge in [-0.25, -0.2) is 0 Å². The molecule has 0 bridgehead atoms. The van der Waals surface area contributed by atoms with Gasteiger partial charge in [0.1, 0.15) is 0 Å². The van der Waals surface area contributed by atoms with Gasteiger partial charge in [-0.3, -0.25) is 9.69 Å². The van der Waals surface area contributed by atoms with Gasteiger partial charge < -0.3 is 19.3 Å². The van der Waals surface area contributed by atoms with Crippen molar-refractivity contribution in [1.29, 1.82) is 0 Å². The summed E-state index contributed by atoms with van der Waals surface area (Å²) in [6.07, 6.45) is 1.26. The first-order valence-corrected chi connectivity index (χ1v) is 10.3. The van der Waals surface area contributed by atoms with E-state index >= 15 is 0 Å². The zero-order valence-electron chi connectivity index (χ0n) is 16.9. The van der Waals surface area contributed by atoms with Crippen molar-refractivity contribution in [2.24, 2.45) is 5.92 Å². The molecule has 0 saturated carbocycles. The molecule has 0 aromatic heterocycles. The number of hydrogen-bond acceptors (Lipinski definition) is 5. The van der Waals surface area contributed by atoms with Crippen molar-refractivity contribution in [2.75, 3.05) is 34.4 Å². The van der Waals surface area contributed by atoms with Crippen LogP contribution in [0.3, 0.4) is 0 Å². The minimum atomic E-state index is -0.711. The van der Waals surface area contributed by atoms with Crippen molar-refractivity contribution in [3.05, 3.63) is 52.0 Å². The van der Waals surface area contributed by atoms with Gasteiger partial charge in [-0.2, -0.15) is 0 Å². The quantitative estimate of drug-likeness (QED) is 0.657. The predicted molar refractivity (Wildman–Crippen MR) is 114 cm³/mol. The molecule has 1 unspecified atom stereocenters. The molecule has 2 aromatic rings. The van der Waals surface area contributed by atoms with Crippen molar-refractivity contribution >= 4 is 21.9 Å². The number of piperidine rings is 1. The molecule has 1 N–H and O–H groups in total. The number of aliphatic carboxylic acids is 1. The van der Waals surface area contributed by atoms with Crippen LogP contribution < -0.4 is 14.2 Å². The number of ether oxygens (including phenoxy) is 3. The molecule has 1 fully saturated rings. The largest absolute Gasteiger partial charge is 0.493 e. The highest BCUT2D eigenvalue weighted by Gasteiger charge is 2.31. The third-order valence-corrected chi connectivity index (χ3v) is 5.96. The zero-order valence-corrected chi connectivity index (χ0v) is 18.4. The van der Waals surface area contributed by atoms with Crippen LogP contribution in [-0.2, 0) is 4.79 Å². The first-order chi connectivity index (χ1) is 14.0. The second-order valence-electron chi connectivity index (χ2n) is 7.06. The van der Waals surface area contributed by atoms with Crippen molar-refractivity contribution in [3.63, 3.8) is 0 Å². The normalized spacial score (nSPS) is 16.3. The van der Waals surface area contributed by atoms with Gasteiger partial charge in [-0.05, 0) is 61.3 Å². The van der Waals surface area contributed by atoms with Crippen LogP contribution in [0.5, 0.6) is 17.2 Å². The number of carboxylic acids is 1. The second-order valence-corrected chi connectivity index (χ2v) is 7.98. The summed E-state index contributed by atoms with van der Waals surface area (Å²) >= 11 is 3.50. The van der Waals surface area contributed by atoms with E-state index in [1.54, 1.807) is 21.3 Å². The molecule has 2 aromatic carbocycles. The Kier molecular flexibility index (Phi) is 7.03. The first kappa shape index (κ1) is 21.5. The third kappa shape index (κ3) is 4.67. The number of benzene rings is 2. The Hall–Kier alpha value is -2.25. The van der Waals surface area contributed by atoms with Gasteiger partial charge in [0.2, 0.25) is 5.75 Å². The Morgan fingerprint density at radius 1 is 1.00 bits per heavy atom. The molecule has 0 spiro atoms. The number of methoxy groups -OCH3 is 3. The Bertz CT molecular complexity index is 822. The van der Waals surface area contributed by atoms with Crippen LogP contribution in [0.15, 0.2) is 40.9 Å². The topological polar surface area (TPSA) is 68.2 Å². The summed E-state index contributed by atoms with van der Waals surface area (Å²) in [5, 5.41) is 9.35. The monoisotopic (exact) mass is 463 g/mol. The molecule has 1 atom stereocenters. The van der Waals surface area contributed by atoms with Crippen LogP contribution >= 0.6 is 15.9 Å². The highest BCUT2D eigenvalue weighted by atomic mass is 79.9. The van der Waals surface area contributed by atoms with Crippen LogP contribution in [-0.4, -0.2) is 50.4 Å². The maximum absolute atomic E-state index is 11.4. The number of rotatable bonds is 7. The Morgan fingerprint density at radius 3 is 2.00 bits per heavy atom. The third-order valence-electron chi connectivity index (χ3n) is 5.43. The Balaban J connectivity index is 2.04. The molecule has 29 heavy (non-hydrogen) atoms. The van der Waals surface area contributed by atoms with E-state index in [-0.39, 0.29) is 12.0 Å². The summed E-state index contributed by atoms with van der Waals surface area (Å²) in [4.78, 5) is 13.7. The molecule has 0 amide bonds. The maximum Gasteiger partial charge on any atom is 0.306 e. The molecule has 1 saturated heterocycles. The van der Waals surface area contributed by atoms with E-state index in [0.29, 0.717) is 43.2 Å². The van der Waals surface area contributed by atoms with Gasteiger partial charge in [-0.15, -0.1) is 0 Å². The fraction of sp³-hybridized carbons (Fsp3) is 0.409. The Labute approximate surface area is 179 Å². The molecule has 1 aliphatic rings. The van der Waals surface area contributed by atoms with Gasteiger partial charge in [0.05, 0.1) is 33.3 Å². The fourth-order valence-electron chi connectivity index (χ4n) is 3.92. The minimum Gasteiger partial charge on any atom is -0.493 e. The van der Waals surface area contributed by atoms with E-state index in [9.17, 15) is 9.90 Å². The number of likely N-dealkylation sites (tertiary alicyclic amines) is 1. The maximum atomic E-state index is 11.4. The number of carboxylic acid groups (broad SMARTS) is 1. The summed E-state index contributed by atoms with van der Waals surface area (Å²) in [5.41, 5.74) is 2.13. The molecule has 7 heteroatoms. The molecule has 3 rings (SSSR count). The van der Waals surface area contributed by atoms with Crippen LogP contribution in [0.1, 0.15) is 30.0 Å². The number of nitrogens with zero attached hydrogens (tertiary/aromatic N) is 1. The standard InChI is InChI=1S/C22H26BrNO5/c1-27-18-12-16(13-19(28-2)21(18)29-3)20(14-4-6-17(23)7-5-14)24-10-8-15(9-11-24)22(25)26/h4-7,12-13,15,20H,8-11H2,1-3H3,(H,25,26). The lowest BCUT2D eigenvalue weighted by Gasteiger charge is -2.37. The molecule has 0 aliphatic carbocycles. The SMILES string of the molecule is COc1cc(C(c2ccc(Br)cc2)N2CCC(C(=O)O)CC2)cc(OC)c1OC. The second kappa shape index (κ2) is 9.50. The highest BCUT2D eigenvalue weighted by Crippen LogP contribution is 2.43. The van der Waals surface area contributed by atoms with Gasteiger partial charge in [0.15, 0.2) is 11.5 Å². The average Bonchev–Trinajstić information content (AvgIpc) is 2.74. The highest BCUT2D eigenvalue weighted by molar-refractivity contribution is 9.10. The molecular weight excluding hydrogens is 438 g/mol. The van der Waals surface area contributed by atoms with Crippen molar-refractivity contribution in [2.45, 2.75) is 18.9 Å². The van der Waals surface area contributed by atoms with Crippen LogP contribution in [0.25, 0.3) is 0 Å². The van der Waals surface area contributed by atoms with Gasteiger partial charge in [-0.1, -0.05) is 28.1 Å². The summed E-state index contributed by atoms with van der Waals surface area (Å²) in [7, 11) is 4.80. The van der Waals surface area contributed by atoms with Crippen LogP contribution in [0, 0.1) is 5.92 Å². The molecule has 0 radical (unpaired) electrons. The summed E-state index contributed by atoms with van der Waals surface area (Å²) in [6.45, 7) is 1.41. The lowest BCUT2D eigenvalue weighted by molar-refractivity contribution is -0.143. The fourth-order valence-corrected chi connectivity index (χ4v) is 4.19. The molecule has 156 valence electrons. The molecule has 1 heterocycles. The lowest BCUT2D eigenvalue weighted by atomic mass is 9.91. The van der Waals surface area contributed by atoms with Gasteiger partial charge in [0.25, 0.3) is 0 Å². The summed E-state index contributed by atoms with van der Waals surface area (Å²) in [6, 6.07) is 12.1. The molecular formula is C22H26BrNO5. The molecule has 1 aliphatic heterocycles. The van der Waals surface area contributed by atoms with Gasteiger partial charge >= 0.3 is 5.97 Å². The van der Waals surface area contributed by atoms with Crippen molar-refractivity contribution < 1.29 is 24.1 Å². The number of halogens is 1. The summed E-state index contributed by atoms with van der Waals surface area (Å²) < 4.78 is 17.6. The first-order valence-electron chi connectivity index (χ1n) is 9.50. The van der Waals surface area contributed by atoms with E-state index in [2.05, 4.69) is 33.0 Å². The zero-order chi connectivity index (χ0) is 21.0. The van der Waals surface area contributed by atoms with E-state index < -0.39 is 5.97 Å². The van der Waals surface area contributed by atoms with Gasteiger partial charge in [0, 0.05) is 4.47 Å². The van der Waals surface area contributed by atoms with E-state index in [4.69, 9.17) is 14.2 Å². The predicted octanol–water partition coefficient (Wildman–Crippen LogP) is 4.36. The minimum absolute atomic E-state index is 0.0495. The number of carbonyl (C=O) groups is 1. The van der Waals surface area contributed by atoms with Crippen LogP contribution in [0.4, 0.5) is 0 Å². The average molecular weight is 464 g/mol. The molecule has 6 nitrogen and oxygen atoms in total. The van der Waals surface area contributed by atoms with Crippen LogP contribution in [0.2, 0.25) is 0 Å². The van der Waals surface area contributed by atoms with E-state index in [1.807, 2.05) is 24.3 Å². The van der Waals surface area contributed by atoms with E-state index in [0.717, 1.165) is 15.6 Å². The lowest BCUT2D eigenvalue weighted by Crippen LogP contribution is -2.39. The smallest absolute Gasteiger partial charge is 0.306 e.